The van der Waals surface area contributed by atoms with Gasteiger partial charge in [0.2, 0.25) is 0 Å². The smallest absolute Gasteiger partial charge is 0.269 e. The van der Waals surface area contributed by atoms with Crippen LogP contribution >= 0.6 is 23.1 Å². The van der Waals surface area contributed by atoms with Gasteiger partial charge in [-0.05, 0) is 53.4 Å². The van der Waals surface area contributed by atoms with Gasteiger partial charge in [-0.25, -0.2) is 0 Å². The van der Waals surface area contributed by atoms with Crippen LogP contribution in [0.15, 0.2) is 52.9 Å². The highest BCUT2D eigenvalue weighted by molar-refractivity contribution is 7.98. The van der Waals surface area contributed by atoms with E-state index >= 15 is 0 Å². The summed E-state index contributed by atoms with van der Waals surface area (Å²) >= 11 is 3.59. The quantitative estimate of drug-likeness (QED) is 0.621. The van der Waals surface area contributed by atoms with Crippen LogP contribution in [0.1, 0.15) is 32.5 Å². The average Bonchev–Trinajstić information content (AvgIpc) is 3.40. The molecule has 1 aromatic carbocycles. The number of nitrogens with one attached hydrogen (secondary N) is 2. The third kappa shape index (κ3) is 4.10. The molecule has 1 atom stereocenters. The number of nitrogens with zero attached hydrogens (tertiary/aromatic N) is 2. The molecular formula is C20H22N4OS2. The minimum Gasteiger partial charge on any atom is -0.349 e. The first kappa shape index (κ1) is 18.3. The molecule has 0 bridgehead atoms. The third-order valence-electron chi connectivity index (χ3n) is 4.98. The number of aromatic nitrogens is 2. The highest BCUT2D eigenvalue weighted by Gasteiger charge is 2.26. The molecular weight excluding hydrogens is 376 g/mol. The molecule has 4 rings (SSSR count). The molecule has 2 aromatic heterocycles. The summed E-state index contributed by atoms with van der Waals surface area (Å²) in [6.07, 6.45) is 4.75. The van der Waals surface area contributed by atoms with Crippen LogP contribution < -0.4 is 5.32 Å². The van der Waals surface area contributed by atoms with Crippen molar-refractivity contribution in [1.82, 2.24) is 20.4 Å². The summed E-state index contributed by atoms with van der Waals surface area (Å²) in [6, 6.07) is 12.7. The largest absolute Gasteiger partial charge is 0.349 e. The van der Waals surface area contributed by atoms with Gasteiger partial charge >= 0.3 is 0 Å². The highest BCUT2D eigenvalue weighted by Crippen LogP contribution is 2.31. The molecule has 3 heterocycles. The molecule has 5 nitrogen and oxygen atoms in total. The summed E-state index contributed by atoms with van der Waals surface area (Å²) in [5.74, 6) is -0.119. The van der Waals surface area contributed by atoms with E-state index in [0.717, 1.165) is 19.5 Å². The Labute approximate surface area is 167 Å². The number of thiophene rings is 1. The van der Waals surface area contributed by atoms with Gasteiger partial charge in [0.15, 0.2) is 0 Å². The van der Waals surface area contributed by atoms with Gasteiger partial charge in [0.25, 0.3) is 5.91 Å². The summed E-state index contributed by atoms with van der Waals surface area (Å²) in [7, 11) is 0. The second-order valence-corrected chi connectivity index (χ2v) is 8.44. The van der Waals surface area contributed by atoms with E-state index in [0.29, 0.717) is 12.2 Å². The number of hydrogen-bond donors (Lipinski definition) is 2. The van der Waals surface area contributed by atoms with Crippen LogP contribution in [-0.2, 0) is 13.0 Å². The Balaban J connectivity index is 1.54. The van der Waals surface area contributed by atoms with Gasteiger partial charge in [-0.2, -0.15) is 5.10 Å². The summed E-state index contributed by atoms with van der Waals surface area (Å²) in [6.45, 7) is 2.49. The topological polar surface area (TPSA) is 61.0 Å². The number of hydrogen-bond acceptors (Lipinski definition) is 5. The zero-order chi connectivity index (χ0) is 18.6. The van der Waals surface area contributed by atoms with Crippen molar-refractivity contribution in [1.29, 1.82) is 0 Å². The number of carbonyl (C=O) groups excluding carboxylic acids is 1. The second-order valence-electron chi connectivity index (χ2n) is 6.56. The monoisotopic (exact) mass is 398 g/mol. The second kappa shape index (κ2) is 8.29. The van der Waals surface area contributed by atoms with Crippen molar-refractivity contribution in [3.63, 3.8) is 0 Å². The lowest BCUT2D eigenvalue weighted by atomic mass is 10.0. The summed E-state index contributed by atoms with van der Waals surface area (Å²) in [4.78, 5) is 17.6. The predicted molar refractivity (Wildman–Crippen MR) is 110 cm³/mol. The van der Waals surface area contributed by atoms with E-state index in [1.807, 2.05) is 11.3 Å². The van der Waals surface area contributed by atoms with E-state index < -0.39 is 0 Å². The van der Waals surface area contributed by atoms with Gasteiger partial charge in [0.05, 0.1) is 6.04 Å². The number of benzene rings is 1. The van der Waals surface area contributed by atoms with Crippen LogP contribution in [0.4, 0.5) is 0 Å². The van der Waals surface area contributed by atoms with E-state index in [4.69, 9.17) is 0 Å². The Bertz CT molecular complexity index is 889. The Morgan fingerprint density at radius 3 is 2.93 bits per heavy atom. The van der Waals surface area contributed by atoms with Crippen molar-refractivity contribution < 1.29 is 4.79 Å². The molecule has 1 aliphatic rings. The molecule has 0 spiro atoms. The van der Waals surface area contributed by atoms with Crippen LogP contribution in [0, 0.1) is 0 Å². The Morgan fingerprint density at radius 1 is 1.33 bits per heavy atom. The fourth-order valence-corrected chi connectivity index (χ4v) is 4.79. The number of rotatable bonds is 6. The lowest BCUT2D eigenvalue weighted by molar-refractivity contribution is 0.0923. The van der Waals surface area contributed by atoms with Crippen LogP contribution in [-0.4, -0.2) is 40.3 Å². The van der Waals surface area contributed by atoms with Crippen LogP contribution in [0.5, 0.6) is 0 Å². The minimum absolute atomic E-state index is 0.119. The Kier molecular flexibility index (Phi) is 5.61. The Morgan fingerprint density at radius 2 is 2.19 bits per heavy atom. The van der Waals surface area contributed by atoms with Crippen molar-refractivity contribution in [2.75, 3.05) is 19.3 Å². The first-order chi connectivity index (χ1) is 13.2. The number of amides is 1. The molecule has 0 unspecified atom stereocenters. The van der Waals surface area contributed by atoms with Crippen molar-refractivity contribution in [3.8, 4) is 0 Å². The number of carbonyl (C=O) groups is 1. The zero-order valence-electron chi connectivity index (χ0n) is 15.1. The molecule has 3 aromatic rings. The molecule has 140 valence electrons. The predicted octanol–water partition coefficient (Wildman–Crippen LogP) is 3.72. The minimum atomic E-state index is -0.119. The van der Waals surface area contributed by atoms with Gasteiger partial charge < -0.3 is 5.32 Å². The van der Waals surface area contributed by atoms with Crippen molar-refractivity contribution >= 4 is 29.0 Å². The van der Waals surface area contributed by atoms with Crippen molar-refractivity contribution in [2.24, 2.45) is 0 Å². The molecule has 0 fully saturated rings. The lowest BCUT2D eigenvalue weighted by Crippen LogP contribution is -2.40. The highest BCUT2D eigenvalue weighted by atomic mass is 32.2. The van der Waals surface area contributed by atoms with Gasteiger partial charge in [-0.15, -0.1) is 23.1 Å². The molecule has 0 aliphatic carbocycles. The van der Waals surface area contributed by atoms with Gasteiger partial charge in [0, 0.05) is 35.6 Å². The van der Waals surface area contributed by atoms with Gasteiger partial charge in [0.1, 0.15) is 5.69 Å². The maximum Gasteiger partial charge on any atom is 0.269 e. The SMILES string of the molecule is CSc1ccc([C@H](CNC(=O)c2ccn[nH]2)N2CCc3sccc3C2)cc1. The average molecular weight is 399 g/mol. The molecule has 0 radical (unpaired) electrons. The van der Waals surface area contributed by atoms with E-state index in [9.17, 15) is 4.79 Å². The number of thioether (sulfide) groups is 1. The molecule has 1 aliphatic heterocycles. The fourth-order valence-electron chi connectivity index (χ4n) is 3.49. The summed E-state index contributed by atoms with van der Waals surface area (Å²) < 4.78 is 0. The molecule has 0 saturated heterocycles. The molecule has 2 N–H and O–H groups in total. The summed E-state index contributed by atoms with van der Waals surface area (Å²) in [5, 5.41) is 11.8. The van der Waals surface area contributed by atoms with E-state index in [1.54, 1.807) is 24.0 Å². The number of aromatic amines is 1. The van der Waals surface area contributed by atoms with Crippen molar-refractivity contribution in [2.45, 2.75) is 23.9 Å². The lowest BCUT2D eigenvalue weighted by Gasteiger charge is -2.35. The first-order valence-corrected chi connectivity index (χ1v) is 11.1. The summed E-state index contributed by atoms with van der Waals surface area (Å²) in [5.41, 5.74) is 3.14. The van der Waals surface area contributed by atoms with Crippen LogP contribution in [0.25, 0.3) is 0 Å². The molecule has 27 heavy (non-hydrogen) atoms. The Hall–Kier alpha value is -2.09. The van der Waals surface area contributed by atoms with E-state index in [-0.39, 0.29) is 11.9 Å². The fraction of sp³-hybridized carbons (Fsp3) is 0.300. The van der Waals surface area contributed by atoms with Crippen LogP contribution in [0.2, 0.25) is 0 Å². The first-order valence-electron chi connectivity index (χ1n) is 8.95. The molecule has 1 amide bonds. The molecule has 7 heteroatoms. The van der Waals surface area contributed by atoms with Crippen molar-refractivity contribution in [3.05, 3.63) is 69.7 Å². The van der Waals surface area contributed by atoms with Gasteiger partial charge in [-0.3, -0.25) is 14.8 Å². The standard InChI is InChI=1S/C20H22N4OS2/c1-26-16-4-2-14(3-5-16)18(12-21-20(25)17-6-9-22-23-17)24-10-7-19-15(13-24)8-11-27-19/h2-6,8-9,11,18H,7,10,12-13H2,1H3,(H,21,25)(H,22,23)/t18-/m0/s1. The van der Waals surface area contributed by atoms with Crippen LogP contribution in [0.3, 0.4) is 0 Å². The third-order valence-corrected chi connectivity index (χ3v) is 6.75. The maximum absolute atomic E-state index is 12.4. The van der Waals surface area contributed by atoms with Gasteiger partial charge in [-0.1, -0.05) is 12.1 Å². The van der Waals surface area contributed by atoms with E-state index in [2.05, 4.69) is 62.4 Å². The number of fused-ring (bicyclic) bond motifs is 1. The zero-order valence-corrected chi connectivity index (χ0v) is 16.8. The maximum atomic E-state index is 12.4. The normalized spacial score (nSPS) is 15.3. The van der Waals surface area contributed by atoms with E-state index in [1.165, 1.54) is 20.9 Å². The number of H-pyrrole nitrogens is 1. The molecule has 0 saturated carbocycles.